The first-order valence-corrected chi connectivity index (χ1v) is 6.37. The van der Waals surface area contributed by atoms with E-state index < -0.39 is 0 Å². The minimum atomic E-state index is 0.847. The van der Waals surface area contributed by atoms with E-state index in [1.165, 1.54) is 0 Å². The van der Waals surface area contributed by atoms with E-state index in [0.29, 0.717) is 0 Å². The van der Waals surface area contributed by atoms with Crippen molar-refractivity contribution < 1.29 is 4.74 Å². The fraction of sp³-hybridized carbons (Fsp3) is 0.182. The van der Waals surface area contributed by atoms with Gasteiger partial charge in [-0.3, -0.25) is 0 Å². The number of methoxy groups -OCH3 is 1. The molecule has 84 valence electrons. The Labute approximate surface area is 107 Å². The summed E-state index contributed by atoms with van der Waals surface area (Å²) >= 11 is 4.94. The highest BCUT2D eigenvalue weighted by Crippen LogP contribution is 2.30. The molecule has 0 spiro atoms. The van der Waals surface area contributed by atoms with Crippen LogP contribution in [0.5, 0.6) is 5.75 Å². The minimum Gasteiger partial charge on any atom is -0.497 e. The first kappa shape index (κ1) is 11.4. The van der Waals surface area contributed by atoms with Crippen molar-refractivity contribution in [2.24, 2.45) is 0 Å². The van der Waals surface area contributed by atoms with Crippen molar-refractivity contribution in [1.82, 2.24) is 4.98 Å². The van der Waals surface area contributed by atoms with Crippen LogP contribution < -0.4 is 9.64 Å². The van der Waals surface area contributed by atoms with E-state index >= 15 is 0 Å². The Balaban J connectivity index is 2.29. The van der Waals surface area contributed by atoms with E-state index in [1.54, 1.807) is 18.4 Å². The lowest BCUT2D eigenvalue weighted by Crippen LogP contribution is -2.08. The topological polar surface area (TPSA) is 25.4 Å². The van der Waals surface area contributed by atoms with Gasteiger partial charge in [-0.1, -0.05) is 6.07 Å². The summed E-state index contributed by atoms with van der Waals surface area (Å²) in [6, 6.07) is 7.90. The Morgan fingerprint density at radius 3 is 2.88 bits per heavy atom. The number of thiazole rings is 1. The quantitative estimate of drug-likeness (QED) is 0.864. The molecule has 0 unspecified atom stereocenters. The maximum atomic E-state index is 5.19. The fourth-order valence-corrected chi connectivity index (χ4v) is 2.56. The second-order valence-electron chi connectivity index (χ2n) is 3.21. The lowest BCUT2D eigenvalue weighted by Gasteiger charge is -2.16. The molecular formula is C11H11BrN2OS. The average molecular weight is 299 g/mol. The van der Waals surface area contributed by atoms with Gasteiger partial charge in [0.25, 0.3) is 0 Å². The number of ether oxygens (including phenoxy) is 1. The predicted octanol–water partition coefficient (Wildman–Crippen LogP) is 3.68. The molecule has 2 aromatic rings. The van der Waals surface area contributed by atoms with E-state index in [2.05, 4.69) is 20.9 Å². The molecule has 0 aliphatic heterocycles. The summed E-state index contributed by atoms with van der Waals surface area (Å²) in [5, 5.41) is 2.91. The van der Waals surface area contributed by atoms with Crippen molar-refractivity contribution in [3.8, 4) is 5.75 Å². The maximum absolute atomic E-state index is 5.19. The van der Waals surface area contributed by atoms with Crippen LogP contribution >= 0.6 is 27.3 Å². The lowest BCUT2D eigenvalue weighted by molar-refractivity contribution is 0.415. The van der Waals surface area contributed by atoms with E-state index in [4.69, 9.17) is 4.74 Å². The second kappa shape index (κ2) is 4.84. The van der Waals surface area contributed by atoms with Gasteiger partial charge >= 0.3 is 0 Å². The number of benzene rings is 1. The predicted molar refractivity (Wildman–Crippen MR) is 70.9 cm³/mol. The van der Waals surface area contributed by atoms with Gasteiger partial charge in [0.05, 0.1) is 7.11 Å². The second-order valence-corrected chi connectivity index (χ2v) is 4.86. The Kier molecular flexibility index (Phi) is 3.46. The summed E-state index contributed by atoms with van der Waals surface area (Å²) in [5.74, 6) is 0.847. The number of hydrogen-bond donors (Lipinski definition) is 0. The molecule has 1 heterocycles. The summed E-state index contributed by atoms with van der Waals surface area (Å²) < 4.78 is 6.06. The smallest absolute Gasteiger partial charge is 0.190 e. The van der Waals surface area contributed by atoms with Gasteiger partial charge in [-0.2, -0.15) is 0 Å². The molecule has 1 aromatic carbocycles. The zero-order valence-corrected chi connectivity index (χ0v) is 11.4. The van der Waals surface area contributed by atoms with Crippen molar-refractivity contribution in [3.63, 3.8) is 0 Å². The van der Waals surface area contributed by atoms with Crippen molar-refractivity contribution in [2.75, 3.05) is 19.1 Å². The zero-order chi connectivity index (χ0) is 11.5. The molecule has 0 saturated carbocycles. The average Bonchev–Trinajstić information content (AvgIpc) is 2.75. The van der Waals surface area contributed by atoms with E-state index in [-0.39, 0.29) is 0 Å². The molecule has 16 heavy (non-hydrogen) atoms. The molecule has 0 atom stereocenters. The largest absolute Gasteiger partial charge is 0.497 e. The van der Waals surface area contributed by atoms with Gasteiger partial charge in [0.1, 0.15) is 10.4 Å². The van der Waals surface area contributed by atoms with E-state index in [1.807, 2.05) is 41.6 Å². The fourth-order valence-electron chi connectivity index (χ4n) is 1.33. The molecule has 0 N–H and O–H groups in total. The monoisotopic (exact) mass is 298 g/mol. The molecule has 0 aliphatic rings. The highest BCUT2D eigenvalue weighted by atomic mass is 79.9. The van der Waals surface area contributed by atoms with Gasteiger partial charge in [0.2, 0.25) is 0 Å². The summed E-state index contributed by atoms with van der Waals surface area (Å²) in [7, 11) is 3.65. The first-order valence-electron chi connectivity index (χ1n) is 4.69. The van der Waals surface area contributed by atoms with E-state index in [0.717, 1.165) is 21.2 Å². The normalized spacial score (nSPS) is 10.2. The van der Waals surface area contributed by atoms with Crippen LogP contribution in [0.4, 0.5) is 10.8 Å². The maximum Gasteiger partial charge on any atom is 0.190 e. The Morgan fingerprint density at radius 2 is 2.25 bits per heavy atom. The highest BCUT2D eigenvalue weighted by molar-refractivity contribution is 9.10. The van der Waals surface area contributed by atoms with Crippen molar-refractivity contribution in [1.29, 1.82) is 0 Å². The number of anilines is 2. The summed E-state index contributed by atoms with van der Waals surface area (Å²) in [6.07, 6.45) is 0. The summed E-state index contributed by atoms with van der Waals surface area (Å²) in [5.41, 5.74) is 1.06. The van der Waals surface area contributed by atoms with Gasteiger partial charge in [-0.05, 0) is 28.1 Å². The summed E-state index contributed by atoms with van der Waals surface area (Å²) in [6.45, 7) is 0. The molecule has 0 saturated heterocycles. The molecule has 0 radical (unpaired) electrons. The standard InChI is InChI=1S/C11H11BrN2OS/c1-14(11-13-10(12)7-16-11)8-4-3-5-9(6-8)15-2/h3-7H,1-2H3. The van der Waals surface area contributed by atoms with Gasteiger partial charge in [0.15, 0.2) is 5.13 Å². The summed E-state index contributed by atoms with van der Waals surface area (Å²) in [4.78, 5) is 6.39. The highest BCUT2D eigenvalue weighted by Gasteiger charge is 2.08. The molecule has 0 bridgehead atoms. The number of aromatic nitrogens is 1. The molecule has 0 fully saturated rings. The van der Waals surface area contributed by atoms with Crippen LogP contribution in [-0.2, 0) is 0 Å². The van der Waals surface area contributed by atoms with Crippen LogP contribution in [0.25, 0.3) is 0 Å². The number of hydrogen-bond acceptors (Lipinski definition) is 4. The van der Waals surface area contributed by atoms with Crippen molar-refractivity contribution in [2.45, 2.75) is 0 Å². The molecule has 0 aliphatic carbocycles. The van der Waals surface area contributed by atoms with Gasteiger partial charge in [-0.25, -0.2) is 4.98 Å². The third kappa shape index (κ3) is 2.36. The van der Waals surface area contributed by atoms with Crippen LogP contribution in [0.3, 0.4) is 0 Å². The van der Waals surface area contributed by atoms with Crippen LogP contribution in [0.15, 0.2) is 34.2 Å². The van der Waals surface area contributed by atoms with Crippen LogP contribution in [-0.4, -0.2) is 19.1 Å². The van der Waals surface area contributed by atoms with Crippen molar-refractivity contribution >= 4 is 38.1 Å². The van der Waals surface area contributed by atoms with Crippen molar-refractivity contribution in [3.05, 3.63) is 34.2 Å². The SMILES string of the molecule is COc1cccc(N(C)c2nc(Br)cs2)c1. The lowest BCUT2D eigenvalue weighted by atomic mass is 10.3. The van der Waals surface area contributed by atoms with Gasteiger partial charge < -0.3 is 9.64 Å². The molecule has 0 amide bonds. The Bertz CT molecular complexity index is 486. The van der Waals surface area contributed by atoms with Gasteiger partial charge in [0, 0.05) is 24.2 Å². The Morgan fingerprint density at radius 1 is 1.44 bits per heavy atom. The third-order valence-corrected chi connectivity index (χ3v) is 3.82. The van der Waals surface area contributed by atoms with Crippen LogP contribution in [0.2, 0.25) is 0 Å². The molecule has 5 heteroatoms. The minimum absolute atomic E-state index is 0.847. The van der Waals surface area contributed by atoms with Crippen LogP contribution in [0, 0.1) is 0 Å². The Hall–Kier alpha value is -1.07. The number of rotatable bonds is 3. The molecule has 2 rings (SSSR count). The van der Waals surface area contributed by atoms with Crippen LogP contribution in [0.1, 0.15) is 0 Å². The number of nitrogens with zero attached hydrogens (tertiary/aromatic N) is 2. The molecule has 1 aromatic heterocycles. The first-order chi connectivity index (χ1) is 7.70. The zero-order valence-electron chi connectivity index (χ0n) is 8.98. The van der Waals surface area contributed by atoms with E-state index in [9.17, 15) is 0 Å². The molecule has 3 nitrogen and oxygen atoms in total. The molecular weight excluding hydrogens is 288 g/mol. The third-order valence-electron chi connectivity index (χ3n) is 2.19. The van der Waals surface area contributed by atoms with Gasteiger partial charge in [-0.15, -0.1) is 11.3 Å². The number of halogens is 1.